The zero-order valence-corrected chi connectivity index (χ0v) is 19.3. The lowest BCUT2D eigenvalue weighted by Gasteiger charge is -2.26. The molecule has 1 saturated heterocycles. The number of aromatic nitrogens is 3. The fraction of sp³-hybridized carbons (Fsp3) is 0.167. The van der Waals surface area contributed by atoms with Crippen molar-refractivity contribution >= 4 is 33.9 Å². The maximum atomic E-state index is 13.1. The molecular formula is C24H21FN6O3S. The summed E-state index contributed by atoms with van der Waals surface area (Å²) < 4.78 is 18.6. The number of amides is 2. The summed E-state index contributed by atoms with van der Waals surface area (Å²) in [6.07, 6.45) is 3.13. The minimum atomic E-state index is -0.775. The van der Waals surface area contributed by atoms with Crippen LogP contribution in [0.3, 0.4) is 0 Å². The molecule has 2 N–H and O–H groups in total. The average molecular weight is 493 g/mol. The van der Waals surface area contributed by atoms with E-state index in [1.807, 2.05) is 6.07 Å². The summed E-state index contributed by atoms with van der Waals surface area (Å²) in [5.41, 5.74) is 2.75. The number of rotatable bonds is 5. The van der Waals surface area contributed by atoms with Gasteiger partial charge in [0.1, 0.15) is 17.8 Å². The zero-order chi connectivity index (χ0) is 24.2. The van der Waals surface area contributed by atoms with Gasteiger partial charge < -0.3 is 15.0 Å². The summed E-state index contributed by atoms with van der Waals surface area (Å²) in [7, 11) is 0. The Morgan fingerprint density at radius 1 is 1.14 bits per heavy atom. The molecule has 2 aromatic carbocycles. The first kappa shape index (κ1) is 22.8. The second-order valence-electron chi connectivity index (χ2n) is 7.67. The van der Waals surface area contributed by atoms with Gasteiger partial charge in [-0.15, -0.1) is 0 Å². The Morgan fingerprint density at radius 3 is 2.69 bits per heavy atom. The zero-order valence-electron chi connectivity index (χ0n) is 18.5. The van der Waals surface area contributed by atoms with E-state index in [2.05, 4.69) is 20.2 Å². The third-order valence-corrected chi connectivity index (χ3v) is 6.53. The minimum Gasteiger partial charge on any atom is -0.378 e. The van der Waals surface area contributed by atoms with Crippen molar-refractivity contribution in [2.45, 2.75) is 0 Å². The number of carbonyl (C=O) groups is 1. The number of hydroxylamine groups is 1. The number of ether oxygens (including phenoxy) is 1. The van der Waals surface area contributed by atoms with Gasteiger partial charge in [-0.2, -0.15) is 5.06 Å². The van der Waals surface area contributed by atoms with Crippen molar-refractivity contribution in [3.05, 3.63) is 72.9 Å². The van der Waals surface area contributed by atoms with E-state index in [1.165, 1.54) is 41.9 Å². The molecule has 5 rings (SSSR count). The molecule has 0 aliphatic carbocycles. The highest BCUT2D eigenvalue weighted by atomic mass is 32.1. The van der Waals surface area contributed by atoms with E-state index < -0.39 is 11.8 Å². The molecule has 4 aromatic rings. The molecule has 9 nitrogen and oxygen atoms in total. The van der Waals surface area contributed by atoms with Crippen LogP contribution < -0.4 is 15.3 Å². The van der Waals surface area contributed by atoms with Gasteiger partial charge in [0.05, 0.1) is 29.5 Å². The van der Waals surface area contributed by atoms with Gasteiger partial charge in [0.25, 0.3) is 0 Å². The van der Waals surface area contributed by atoms with Crippen LogP contribution in [-0.2, 0) is 4.74 Å². The van der Waals surface area contributed by atoms with E-state index in [1.54, 1.807) is 30.5 Å². The van der Waals surface area contributed by atoms with Gasteiger partial charge in [-0.25, -0.2) is 24.1 Å². The summed E-state index contributed by atoms with van der Waals surface area (Å²) in [6.45, 7) is 2.75. The fourth-order valence-corrected chi connectivity index (χ4v) is 4.73. The van der Waals surface area contributed by atoms with Crippen LogP contribution >= 0.6 is 11.3 Å². The number of urea groups is 1. The third kappa shape index (κ3) is 5.11. The van der Waals surface area contributed by atoms with Crippen molar-refractivity contribution in [3.8, 4) is 21.8 Å². The van der Waals surface area contributed by atoms with Crippen LogP contribution in [0.5, 0.6) is 0 Å². The number of hydrogen-bond acceptors (Lipinski definition) is 8. The average Bonchev–Trinajstić information content (AvgIpc) is 3.36. The Balaban J connectivity index is 1.46. The number of thiazole rings is 1. The molecule has 1 aliphatic rings. The maximum Gasteiger partial charge on any atom is 0.350 e. The number of anilines is 3. The van der Waals surface area contributed by atoms with Crippen molar-refractivity contribution in [3.63, 3.8) is 0 Å². The van der Waals surface area contributed by atoms with Crippen molar-refractivity contribution in [2.75, 3.05) is 41.6 Å². The highest BCUT2D eigenvalue weighted by molar-refractivity contribution is 7.19. The van der Waals surface area contributed by atoms with Gasteiger partial charge >= 0.3 is 6.03 Å². The van der Waals surface area contributed by atoms with E-state index in [4.69, 9.17) is 9.72 Å². The molecule has 0 spiro atoms. The van der Waals surface area contributed by atoms with Gasteiger partial charge in [-0.1, -0.05) is 23.5 Å². The van der Waals surface area contributed by atoms with Crippen molar-refractivity contribution < 1.29 is 19.1 Å². The molecule has 2 amide bonds. The predicted octanol–water partition coefficient (Wildman–Crippen LogP) is 4.67. The lowest BCUT2D eigenvalue weighted by atomic mass is 10.1. The summed E-state index contributed by atoms with van der Waals surface area (Å²) >= 11 is 1.51. The highest BCUT2D eigenvalue weighted by Crippen LogP contribution is 2.40. The molecule has 35 heavy (non-hydrogen) atoms. The predicted molar refractivity (Wildman–Crippen MR) is 131 cm³/mol. The van der Waals surface area contributed by atoms with Crippen LogP contribution in [-0.4, -0.2) is 52.5 Å². The first-order chi connectivity index (χ1) is 17.1. The van der Waals surface area contributed by atoms with Crippen LogP contribution in [0.4, 0.5) is 25.7 Å². The third-order valence-electron chi connectivity index (χ3n) is 5.36. The van der Waals surface area contributed by atoms with Crippen LogP contribution in [0, 0.1) is 5.82 Å². The number of nitrogens with zero attached hydrogens (tertiary/aromatic N) is 5. The van der Waals surface area contributed by atoms with Crippen molar-refractivity contribution in [2.24, 2.45) is 0 Å². The van der Waals surface area contributed by atoms with Gasteiger partial charge in [-0.05, 0) is 48.0 Å². The molecule has 0 saturated carbocycles. The van der Waals surface area contributed by atoms with Crippen molar-refractivity contribution in [1.29, 1.82) is 0 Å². The molecule has 178 valence electrons. The summed E-state index contributed by atoms with van der Waals surface area (Å²) in [4.78, 5) is 28.8. The lowest BCUT2D eigenvalue weighted by molar-refractivity contribution is 0.122. The van der Waals surface area contributed by atoms with Gasteiger partial charge in [0.15, 0.2) is 5.13 Å². The molecule has 0 bridgehead atoms. The molecule has 0 unspecified atom stereocenters. The summed E-state index contributed by atoms with van der Waals surface area (Å²) in [5, 5.41) is 14.5. The molecule has 2 aromatic heterocycles. The van der Waals surface area contributed by atoms with E-state index in [9.17, 15) is 14.4 Å². The van der Waals surface area contributed by atoms with Crippen LogP contribution in [0.25, 0.3) is 21.8 Å². The number of benzene rings is 2. The van der Waals surface area contributed by atoms with E-state index in [-0.39, 0.29) is 5.69 Å². The van der Waals surface area contributed by atoms with E-state index in [0.29, 0.717) is 35.4 Å². The van der Waals surface area contributed by atoms with Crippen LogP contribution in [0.15, 0.2) is 67.1 Å². The standard InChI is InChI=1S/C24H21FN6O3S/c25-17-4-6-18(7-5-17)28-23(32)31(33)19-3-1-2-16(14-19)22-21(20-8-9-26-15-27-20)29-24(35-22)30-10-12-34-13-11-30/h1-9,14-15,33H,10-13H2,(H,28,32). The van der Waals surface area contributed by atoms with Gasteiger partial charge in [-0.3, -0.25) is 5.21 Å². The molecule has 1 aliphatic heterocycles. The molecule has 3 heterocycles. The van der Waals surface area contributed by atoms with Crippen LogP contribution in [0.2, 0.25) is 0 Å². The Morgan fingerprint density at radius 2 is 1.94 bits per heavy atom. The number of nitrogens with one attached hydrogen (secondary N) is 1. The number of morpholine rings is 1. The van der Waals surface area contributed by atoms with Gasteiger partial charge in [0, 0.05) is 25.0 Å². The first-order valence-corrected chi connectivity index (χ1v) is 11.7. The Bertz CT molecular complexity index is 1310. The maximum absolute atomic E-state index is 13.1. The molecular weight excluding hydrogens is 471 g/mol. The first-order valence-electron chi connectivity index (χ1n) is 10.8. The molecule has 1 fully saturated rings. The van der Waals surface area contributed by atoms with Gasteiger partial charge in [0.2, 0.25) is 0 Å². The topological polar surface area (TPSA) is 104 Å². The van der Waals surface area contributed by atoms with Crippen LogP contribution in [0.1, 0.15) is 0 Å². The Kier molecular flexibility index (Phi) is 6.62. The highest BCUT2D eigenvalue weighted by Gasteiger charge is 2.22. The molecule has 11 heteroatoms. The smallest absolute Gasteiger partial charge is 0.350 e. The minimum absolute atomic E-state index is 0.261. The Hall–Kier alpha value is -3.93. The molecule has 0 radical (unpaired) electrons. The number of halogens is 1. The summed E-state index contributed by atoms with van der Waals surface area (Å²) in [5.74, 6) is -0.419. The van der Waals surface area contributed by atoms with Crippen molar-refractivity contribution in [1.82, 2.24) is 15.0 Å². The van der Waals surface area contributed by atoms with E-state index >= 15 is 0 Å². The quantitative estimate of drug-likeness (QED) is 0.308. The second-order valence-corrected chi connectivity index (χ2v) is 8.64. The summed E-state index contributed by atoms with van der Waals surface area (Å²) in [6, 6.07) is 13.2. The lowest BCUT2D eigenvalue weighted by Crippen LogP contribution is -2.36. The molecule has 0 atom stereocenters. The normalized spacial score (nSPS) is 13.5. The SMILES string of the molecule is O=C(Nc1ccc(F)cc1)N(O)c1cccc(-c2sc(N3CCOCC3)nc2-c2ccncn2)c1. The Labute approximate surface area is 204 Å². The monoisotopic (exact) mass is 492 g/mol. The van der Waals surface area contributed by atoms with E-state index in [0.717, 1.165) is 28.7 Å². The fourth-order valence-electron chi connectivity index (χ4n) is 3.60. The number of hydrogen-bond donors (Lipinski definition) is 2. The number of carbonyl (C=O) groups excluding carboxylic acids is 1. The largest absolute Gasteiger partial charge is 0.378 e. The second kappa shape index (κ2) is 10.1.